The van der Waals surface area contributed by atoms with Crippen molar-refractivity contribution in [3.63, 3.8) is 0 Å². The van der Waals surface area contributed by atoms with Crippen molar-refractivity contribution in [1.82, 2.24) is 0 Å². The third-order valence-corrected chi connectivity index (χ3v) is 5.31. The van der Waals surface area contributed by atoms with Crippen LogP contribution in [0.5, 0.6) is 11.5 Å². The van der Waals surface area contributed by atoms with Crippen LogP contribution >= 0.6 is 11.6 Å². The van der Waals surface area contributed by atoms with Gasteiger partial charge in [0.25, 0.3) is 0 Å². The fraction of sp³-hybridized carbons (Fsp3) is 0.348. The molecule has 0 bridgehead atoms. The first kappa shape index (κ1) is 23.4. The lowest BCUT2D eigenvalue weighted by Crippen LogP contribution is -2.27. The first-order valence-electron chi connectivity index (χ1n) is 9.63. The molecule has 0 aliphatic heterocycles. The van der Waals surface area contributed by atoms with Crippen molar-refractivity contribution >= 4 is 17.4 Å². The Morgan fingerprint density at radius 1 is 1.13 bits per heavy atom. The number of Topliss-reactive ketones (excluding diaryl/α,β-unsaturated/α-hetero) is 1. The minimum Gasteiger partial charge on any atom is -0.493 e. The minimum atomic E-state index is -0.958. The third-order valence-electron chi connectivity index (χ3n) is 5.06. The van der Waals surface area contributed by atoms with Gasteiger partial charge in [0.2, 0.25) is 6.04 Å². The quantitative estimate of drug-likeness (QED) is 0.260. The van der Waals surface area contributed by atoms with Crippen molar-refractivity contribution in [3.05, 3.63) is 81.4 Å². The molecule has 30 heavy (non-hydrogen) atoms. The Labute approximate surface area is 181 Å². The Kier molecular flexibility index (Phi) is 8.87. The lowest BCUT2D eigenvalue weighted by atomic mass is 9.88. The van der Waals surface area contributed by atoms with Gasteiger partial charge in [-0.3, -0.25) is 14.9 Å². The highest BCUT2D eigenvalue weighted by Crippen LogP contribution is 2.34. The van der Waals surface area contributed by atoms with E-state index >= 15 is 0 Å². The maximum Gasteiger partial charge on any atom is 0.223 e. The highest BCUT2D eigenvalue weighted by atomic mass is 35.5. The molecule has 160 valence electrons. The number of nitro groups is 1. The van der Waals surface area contributed by atoms with Crippen molar-refractivity contribution in [3.8, 4) is 11.5 Å². The van der Waals surface area contributed by atoms with Crippen molar-refractivity contribution in [1.29, 1.82) is 0 Å². The summed E-state index contributed by atoms with van der Waals surface area (Å²) in [5.74, 6) is 0.470. The van der Waals surface area contributed by atoms with Gasteiger partial charge in [-0.15, -0.1) is 6.58 Å². The fourth-order valence-corrected chi connectivity index (χ4v) is 3.49. The zero-order valence-corrected chi connectivity index (χ0v) is 17.9. The number of nitrogens with zero attached hydrogens (tertiary/aromatic N) is 1. The van der Waals surface area contributed by atoms with Gasteiger partial charge in [0.1, 0.15) is 5.78 Å². The number of carbonyl (C=O) groups is 1. The van der Waals surface area contributed by atoms with Crippen LogP contribution in [0.4, 0.5) is 0 Å². The molecule has 0 saturated heterocycles. The van der Waals surface area contributed by atoms with E-state index in [1.807, 2.05) is 12.1 Å². The molecule has 0 aliphatic carbocycles. The van der Waals surface area contributed by atoms with Crippen molar-refractivity contribution < 1.29 is 19.2 Å². The van der Waals surface area contributed by atoms with E-state index in [0.29, 0.717) is 34.9 Å². The van der Waals surface area contributed by atoms with Gasteiger partial charge in [-0.25, -0.2) is 0 Å². The zero-order valence-electron chi connectivity index (χ0n) is 17.2. The molecular formula is C23H26ClNO5. The lowest BCUT2D eigenvalue weighted by Gasteiger charge is -2.19. The highest BCUT2D eigenvalue weighted by Gasteiger charge is 2.31. The monoisotopic (exact) mass is 431 g/mol. The molecule has 2 rings (SSSR count). The molecule has 2 atom stereocenters. The number of halogens is 1. The van der Waals surface area contributed by atoms with E-state index in [1.54, 1.807) is 36.4 Å². The molecule has 6 nitrogen and oxygen atoms in total. The maximum absolute atomic E-state index is 12.3. The zero-order chi connectivity index (χ0) is 22.1. The summed E-state index contributed by atoms with van der Waals surface area (Å²) in [4.78, 5) is 23.7. The Bertz CT molecular complexity index is 882. The van der Waals surface area contributed by atoms with E-state index in [4.69, 9.17) is 21.1 Å². The predicted molar refractivity (Wildman–Crippen MR) is 117 cm³/mol. The van der Waals surface area contributed by atoms with Crippen LogP contribution in [-0.2, 0) is 11.2 Å². The molecule has 0 N–H and O–H groups in total. The van der Waals surface area contributed by atoms with E-state index < -0.39 is 12.0 Å². The van der Waals surface area contributed by atoms with Crippen molar-refractivity contribution in [2.75, 3.05) is 14.2 Å². The van der Waals surface area contributed by atoms with E-state index in [2.05, 4.69) is 6.58 Å². The number of methoxy groups -OCH3 is 2. The van der Waals surface area contributed by atoms with Gasteiger partial charge in [-0.1, -0.05) is 35.9 Å². The van der Waals surface area contributed by atoms with E-state index in [-0.39, 0.29) is 23.5 Å². The average molecular weight is 432 g/mol. The molecule has 0 radical (unpaired) electrons. The number of carbonyl (C=O) groups excluding carboxylic acids is 1. The second kappa shape index (κ2) is 11.4. The summed E-state index contributed by atoms with van der Waals surface area (Å²) >= 11 is 5.86. The van der Waals surface area contributed by atoms with Gasteiger partial charge in [-0.2, -0.15) is 0 Å². The molecule has 0 heterocycles. The number of rotatable bonds is 12. The van der Waals surface area contributed by atoms with Crippen LogP contribution in [0.2, 0.25) is 5.02 Å². The summed E-state index contributed by atoms with van der Waals surface area (Å²) in [6.45, 7) is 3.78. The molecule has 0 aromatic heterocycles. The van der Waals surface area contributed by atoms with Gasteiger partial charge < -0.3 is 9.47 Å². The Morgan fingerprint density at radius 3 is 2.37 bits per heavy atom. The van der Waals surface area contributed by atoms with Crippen molar-refractivity contribution in [2.45, 2.75) is 37.6 Å². The lowest BCUT2D eigenvalue weighted by molar-refractivity contribution is -0.525. The molecule has 0 saturated carbocycles. The third kappa shape index (κ3) is 6.32. The standard InChI is InChI=1S/C23H26ClNO5/c1-4-20(17-8-14-22(29-2)23(15-17)30-3)21(25(27)28)13-12-19(26)11-7-16-5-9-18(24)10-6-16/h4-6,8-10,14-15,20-21H,1,7,11-13H2,2-3H3. The van der Waals surface area contributed by atoms with Gasteiger partial charge in [0.05, 0.1) is 20.1 Å². The molecule has 2 aromatic carbocycles. The van der Waals surface area contributed by atoms with Gasteiger partial charge in [-0.05, 0) is 41.8 Å². The molecule has 0 fully saturated rings. The number of hydrogen-bond acceptors (Lipinski definition) is 5. The minimum absolute atomic E-state index is 0.00748. The number of benzene rings is 2. The molecule has 2 unspecified atom stereocenters. The molecular weight excluding hydrogens is 406 g/mol. The SMILES string of the molecule is C=CC(c1ccc(OC)c(OC)c1)C(CCC(=O)CCc1ccc(Cl)cc1)[N+](=O)[O-]. The molecule has 0 spiro atoms. The Morgan fingerprint density at radius 2 is 1.80 bits per heavy atom. The first-order chi connectivity index (χ1) is 14.4. The predicted octanol–water partition coefficient (Wildman–Crippen LogP) is 5.25. The van der Waals surface area contributed by atoms with E-state index in [9.17, 15) is 14.9 Å². The average Bonchev–Trinajstić information content (AvgIpc) is 2.75. The second-order valence-corrected chi connectivity index (χ2v) is 7.37. The van der Waals surface area contributed by atoms with E-state index in [0.717, 1.165) is 5.56 Å². The van der Waals surface area contributed by atoms with Crippen LogP contribution in [0.15, 0.2) is 55.1 Å². The van der Waals surface area contributed by atoms with Gasteiger partial charge >= 0.3 is 0 Å². The van der Waals surface area contributed by atoms with Crippen LogP contribution in [0.3, 0.4) is 0 Å². The number of ether oxygens (including phenoxy) is 2. The second-order valence-electron chi connectivity index (χ2n) is 6.93. The Balaban J connectivity index is 2.04. The van der Waals surface area contributed by atoms with Crippen molar-refractivity contribution in [2.24, 2.45) is 0 Å². The Hall–Kier alpha value is -2.86. The van der Waals surface area contributed by atoms with Gasteiger partial charge in [0.15, 0.2) is 11.5 Å². The summed E-state index contributed by atoms with van der Waals surface area (Å²) in [5.41, 5.74) is 1.70. The van der Waals surface area contributed by atoms with Crippen LogP contribution < -0.4 is 9.47 Å². The van der Waals surface area contributed by atoms with Crippen LogP contribution in [0.25, 0.3) is 0 Å². The summed E-state index contributed by atoms with van der Waals surface area (Å²) in [6.07, 6.45) is 2.74. The molecule has 0 aliphatic rings. The summed E-state index contributed by atoms with van der Waals surface area (Å²) in [6, 6.07) is 11.5. The number of aryl methyl sites for hydroxylation is 1. The summed E-state index contributed by atoms with van der Waals surface area (Å²) in [7, 11) is 3.03. The maximum atomic E-state index is 12.3. The smallest absolute Gasteiger partial charge is 0.223 e. The first-order valence-corrected chi connectivity index (χ1v) is 10.0. The van der Waals surface area contributed by atoms with Crippen LogP contribution in [-0.4, -0.2) is 31.0 Å². The number of hydrogen-bond donors (Lipinski definition) is 0. The molecule has 7 heteroatoms. The van der Waals surface area contributed by atoms with Crippen LogP contribution in [0.1, 0.15) is 36.3 Å². The highest BCUT2D eigenvalue weighted by molar-refractivity contribution is 6.30. The molecule has 2 aromatic rings. The summed E-state index contributed by atoms with van der Waals surface area (Å²) < 4.78 is 10.5. The van der Waals surface area contributed by atoms with Gasteiger partial charge in [0, 0.05) is 29.2 Å². The fourth-order valence-electron chi connectivity index (χ4n) is 3.36. The normalized spacial score (nSPS) is 12.6. The van der Waals surface area contributed by atoms with Crippen LogP contribution in [0, 0.1) is 10.1 Å². The largest absolute Gasteiger partial charge is 0.493 e. The van der Waals surface area contributed by atoms with E-state index in [1.165, 1.54) is 14.2 Å². The topological polar surface area (TPSA) is 78.7 Å². The summed E-state index contributed by atoms with van der Waals surface area (Å²) in [5, 5.41) is 12.4. The molecule has 0 amide bonds. The number of ketones is 1.